The minimum atomic E-state index is -0.704. The van der Waals surface area contributed by atoms with Gasteiger partial charge in [0.2, 0.25) is 5.88 Å². The lowest BCUT2D eigenvalue weighted by atomic mass is 9.50. The fraction of sp³-hybridized carbons (Fsp3) is 0.355. The summed E-state index contributed by atoms with van der Waals surface area (Å²) in [7, 11) is 0. The molecule has 2 aliphatic rings. The fourth-order valence-electron chi connectivity index (χ4n) is 6.30. The van der Waals surface area contributed by atoms with Crippen LogP contribution in [0.2, 0.25) is 0 Å². The molecular formula is C31H32N4O4. The number of pyridine rings is 1. The molecule has 39 heavy (non-hydrogen) atoms. The molecule has 2 aromatic carbocycles. The second-order valence-electron chi connectivity index (χ2n) is 10.9. The Bertz CT molecular complexity index is 1530. The molecule has 2 heterocycles. The molecule has 200 valence electrons. The first-order valence-electron chi connectivity index (χ1n) is 13.6. The molecule has 2 aromatic heterocycles. The first-order chi connectivity index (χ1) is 18.9. The van der Waals surface area contributed by atoms with Crippen LogP contribution in [0.5, 0.6) is 5.88 Å². The number of aromatic nitrogens is 3. The highest BCUT2D eigenvalue weighted by molar-refractivity contribution is 6.05. The van der Waals surface area contributed by atoms with Crippen molar-refractivity contribution in [3.8, 4) is 17.1 Å². The molecule has 4 aromatic rings. The summed E-state index contributed by atoms with van der Waals surface area (Å²) in [5.74, 6) is -0.435. The van der Waals surface area contributed by atoms with Gasteiger partial charge in [-0.05, 0) is 62.6 Å². The molecule has 8 heteroatoms. The standard InChI is InChI=1S/C31H32N4O4/c1-3-39-27-9-5-8-26(34-27)21-12-10-20(11-13-21)19(2)35-28-22(18-32-35)6-4-7-25(28)29(36)33-24-16-31(17-24)14-23(15-31)30(37)38/h4-13,18-19,23-24H,3,14-17H2,1-2H3,(H,33,36)(H,37,38). The van der Waals surface area contributed by atoms with Gasteiger partial charge in [0.25, 0.3) is 5.91 Å². The third-order valence-corrected chi connectivity index (χ3v) is 8.34. The Kier molecular flexibility index (Phi) is 6.33. The zero-order valence-corrected chi connectivity index (χ0v) is 22.1. The van der Waals surface area contributed by atoms with Crippen LogP contribution in [0.15, 0.2) is 66.9 Å². The molecule has 0 radical (unpaired) electrons. The molecule has 2 fully saturated rings. The molecule has 1 unspecified atom stereocenters. The number of hydrogen-bond acceptors (Lipinski definition) is 5. The van der Waals surface area contributed by atoms with Gasteiger partial charge >= 0.3 is 5.97 Å². The van der Waals surface area contributed by atoms with Gasteiger partial charge in [0.05, 0.1) is 41.5 Å². The van der Waals surface area contributed by atoms with E-state index >= 15 is 0 Å². The van der Waals surface area contributed by atoms with Gasteiger partial charge in [-0.3, -0.25) is 14.3 Å². The van der Waals surface area contributed by atoms with E-state index in [-0.39, 0.29) is 29.3 Å². The molecule has 0 bridgehead atoms. The predicted octanol–water partition coefficient (Wildman–Crippen LogP) is 5.48. The maximum absolute atomic E-state index is 13.4. The van der Waals surface area contributed by atoms with Crippen molar-refractivity contribution in [3.63, 3.8) is 0 Å². The SMILES string of the molecule is CCOc1cccc(-c2ccc(C(C)n3ncc4cccc(C(=O)NC5CC6(C5)CC(C(=O)O)C6)c43)cc2)n1. The van der Waals surface area contributed by atoms with Gasteiger partial charge in [0.15, 0.2) is 0 Å². The Hall–Kier alpha value is -4.20. The van der Waals surface area contributed by atoms with E-state index in [1.807, 2.05) is 60.1 Å². The van der Waals surface area contributed by atoms with Crippen LogP contribution in [0.4, 0.5) is 0 Å². The largest absolute Gasteiger partial charge is 0.481 e. The number of hydrogen-bond donors (Lipinski definition) is 2. The first-order valence-corrected chi connectivity index (χ1v) is 13.6. The summed E-state index contributed by atoms with van der Waals surface area (Å²) in [6, 6.07) is 19.7. The van der Waals surface area contributed by atoms with Gasteiger partial charge in [-0.15, -0.1) is 0 Å². The van der Waals surface area contributed by atoms with Gasteiger partial charge in [-0.25, -0.2) is 4.98 Å². The zero-order valence-electron chi connectivity index (χ0n) is 22.1. The Balaban J connectivity index is 1.19. The molecule has 8 nitrogen and oxygen atoms in total. The van der Waals surface area contributed by atoms with E-state index in [0.717, 1.165) is 53.4 Å². The highest BCUT2D eigenvalue weighted by atomic mass is 16.5. The number of ether oxygens (including phenoxy) is 1. The van der Waals surface area contributed by atoms with Crippen LogP contribution < -0.4 is 10.1 Å². The highest BCUT2D eigenvalue weighted by Gasteiger charge is 2.55. The molecule has 1 atom stereocenters. The summed E-state index contributed by atoms with van der Waals surface area (Å²) in [5.41, 5.74) is 4.43. The van der Waals surface area contributed by atoms with Crippen LogP contribution in [-0.4, -0.2) is 44.4 Å². The number of rotatable bonds is 8. The molecule has 6 rings (SSSR count). The molecule has 1 spiro atoms. The number of aliphatic carboxylic acids is 1. The minimum Gasteiger partial charge on any atom is -0.481 e. The Morgan fingerprint density at radius 3 is 2.54 bits per heavy atom. The van der Waals surface area contributed by atoms with Gasteiger partial charge in [-0.1, -0.05) is 42.5 Å². The van der Waals surface area contributed by atoms with Crippen LogP contribution in [-0.2, 0) is 4.79 Å². The van der Waals surface area contributed by atoms with Gasteiger partial charge in [0, 0.05) is 23.1 Å². The van der Waals surface area contributed by atoms with E-state index in [2.05, 4.69) is 34.5 Å². The van der Waals surface area contributed by atoms with Crippen molar-refractivity contribution < 1.29 is 19.4 Å². The molecule has 2 saturated carbocycles. The van der Waals surface area contributed by atoms with Crippen LogP contribution in [0.25, 0.3) is 22.2 Å². The summed E-state index contributed by atoms with van der Waals surface area (Å²) in [5, 5.41) is 17.9. The number of carbonyl (C=O) groups is 2. The van der Waals surface area contributed by atoms with Gasteiger partial charge in [0.1, 0.15) is 0 Å². The number of fused-ring (bicyclic) bond motifs is 1. The number of nitrogens with zero attached hydrogens (tertiary/aromatic N) is 3. The second-order valence-corrected chi connectivity index (χ2v) is 10.9. The van der Waals surface area contributed by atoms with Crippen molar-refractivity contribution in [3.05, 3.63) is 78.0 Å². The quantitative estimate of drug-likeness (QED) is 0.316. The Morgan fingerprint density at radius 2 is 1.82 bits per heavy atom. The van der Waals surface area contributed by atoms with E-state index in [1.54, 1.807) is 6.20 Å². The van der Waals surface area contributed by atoms with E-state index < -0.39 is 5.97 Å². The fourth-order valence-corrected chi connectivity index (χ4v) is 6.30. The van der Waals surface area contributed by atoms with Crippen LogP contribution in [0.3, 0.4) is 0 Å². The van der Waals surface area contributed by atoms with Crippen molar-refractivity contribution in [2.75, 3.05) is 6.61 Å². The molecule has 2 N–H and O–H groups in total. The predicted molar refractivity (Wildman–Crippen MR) is 148 cm³/mol. The molecular weight excluding hydrogens is 492 g/mol. The number of benzene rings is 2. The topological polar surface area (TPSA) is 106 Å². The zero-order chi connectivity index (χ0) is 27.1. The van der Waals surface area contributed by atoms with Crippen LogP contribution in [0.1, 0.15) is 61.5 Å². The van der Waals surface area contributed by atoms with E-state index in [0.29, 0.717) is 18.1 Å². The van der Waals surface area contributed by atoms with Crippen molar-refractivity contribution in [2.24, 2.45) is 11.3 Å². The maximum Gasteiger partial charge on any atom is 0.306 e. The summed E-state index contributed by atoms with van der Waals surface area (Å²) in [6.07, 6.45) is 4.95. The number of carboxylic acid groups (broad SMARTS) is 1. The number of carboxylic acids is 1. The third kappa shape index (κ3) is 4.64. The van der Waals surface area contributed by atoms with Crippen molar-refractivity contribution >= 4 is 22.8 Å². The Morgan fingerprint density at radius 1 is 1.08 bits per heavy atom. The van der Waals surface area contributed by atoms with E-state index in [9.17, 15) is 14.7 Å². The monoisotopic (exact) mass is 524 g/mol. The third-order valence-electron chi connectivity index (χ3n) is 8.34. The summed E-state index contributed by atoms with van der Waals surface area (Å²) >= 11 is 0. The van der Waals surface area contributed by atoms with Crippen molar-refractivity contribution in [1.82, 2.24) is 20.1 Å². The molecule has 0 saturated heterocycles. The molecule has 1 amide bonds. The minimum absolute atomic E-state index is 0.0821. The normalized spacial score (nSPS) is 22.6. The smallest absolute Gasteiger partial charge is 0.306 e. The van der Waals surface area contributed by atoms with E-state index in [1.165, 1.54) is 0 Å². The van der Waals surface area contributed by atoms with Crippen LogP contribution in [0, 0.1) is 11.3 Å². The average molecular weight is 525 g/mol. The van der Waals surface area contributed by atoms with Crippen molar-refractivity contribution in [1.29, 1.82) is 0 Å². The first kappa shape index (κ1) is 25.1. The molecule has 0 aliphatic heterocycles. The van der Waals surface area contributed by atoms with Crippen LogP contribution >= 0.6 is 0 Å². The van der Waals surface area contributed by atoms with E-state index in [4.69, 9.17) is 4.74 Å². The number of amides is 1. The number of nitrogens with one attached hydrogen (secondary N) is 1. The average Bonchev–Trinajstić information content (AvgIpc) is 3.33. The lowest BCUT2D eigenvalue weighted by molar-refractivity contribution is -0.155. The Labute approximate surface area is 227 Å². The lowest BCUT2D eigenvalue weighted by Crippen LogP contribution is -2.57. The maximum atomic E-state index is 13.4. The summed E-state index contributed by atoms with van der Waals surface area (Å²) < 4.78 is 7.46. The molecule has 2 aliphatic carbocycles. The summed E-state index contributed by atoms with van der Waals surface area (Å²) in [6.45, 7) is 4.59. The highest BCUT2D eigenvalue weighted by Crippen LogP contribution is 2.58. The summed E-state index contributed by atoms with van der Waals surface area (Å²) in [4.78, 5) is 29.1. The lowest BCUT2D eigenvalue weighted by Gasteiger charge is -2.56. The number of para-hydroxylation sites is 1. The van der Waals surface area contributed by atoms with Crippen molar-refractivity contribution in [2.45, 2.75) is 51.6 Å². The van der Waals surface area contributed by atoms with Gasteiger partial charge < -0.3 is 15.2 Å². The van der Waals surface area contributed by atoms with Gasteiger partial charge in [-0.2, -0.15) is 5.10 Å². The second kappa shape index (κ2) is 9.84. The number of carbonyl (C=O) groups excluding carboxylic acids is 1.